The molecular formula is C15H15F2N3. The fraction of sp³-hybridized carbons (Fsp3) is 0.267. The summed E-state index contributed by atoms with van der Waals surface area (Å²) in [6.45, 7) is 1.29. The Balaban J connectivity index is 1.89. The standard InChI is InChI=1S/C15H15F2N3/c16-12-9-13(17)15(19-14(12)18)20-7-5-10-3-1-2-4-11(10)6-8-20/h1-4,9H,5-8H2,(H2,18,19). The molecule has 3 nitrogen and oxygen atoms in total. The van der Waals surface area contributed by atoms with Crippen molar-refractivity contribution in [3.8, 4) is 0 Å². The lowest BCUT2D eigenvalue weighted by Crippen LogP contribution is -2.28. The molecule has 1 aromatic heterocycles. The Hall–Kier alpha value is -2.17. The van der Waals surface area contributed by atoms with Crippen molar-refractivity contribution in [3.63, 3.8) is 0 Å². The second kappa shape index (κ2) is 5.07. The Kier molecular flexibility index (Phi) is 3.26. The van der Waals surface area contributed by atoms with Crippen LogP contribution in [0.25, 0.3) is 0 Å². The molecule has 0 radical (unpaired) electrons. The number of benzene rings is 1. The van der Waals surface area contributed by atoms with Gasteiger partial charge in [-0.1, -0.05) is 24.3 Å². The summed E-state index contributed by atoms with van der Waals surface area (Å²) in [5.74, 6) is -1.60. The van der Waals surface area contributed by atoms with Gasteiger partial charge >= 0.3 is 0 Å². The van der Waals surface area contributed by atoms with Crippen LogP contribution in [-0.4, -0.2) is 18.1 Å². The van der Waals surface area contributed by atoms with Crippen molar-refractivity contribution in [2.24, 2.45) is 0 Å². The van der Waals surface area contributed by atoms with Crippen molar-refractivity contribution < 1.29 is 8.78 Å². The highest BCUT2D eigenvalue weighted by Gasteiger charge is 2.19. The summed E-state index contributed by atoms with van der Waals surface area (Å²) < 4.78 is 27.1. The number of anilines is 2. The molecule has 0 saturated carbocycles. The lowest BCUT2D eigenvalue weighted by molar-refractivity contribution is 0.571. The van der Waals surface area contributed by atoms with E-state index < -0.39 is 11.6 Å². The van der Waals surface area contributed by atoms with Crippen LogP contribution in [0.15, 0.2) is 30.3 Å². The first-order chi connectivity index (χ1) is 9.65. The number of aromatic nitrogens is 1. The lowest BCUT2D eigenvalue weighted by atomic mass is 10.0. The van der Waals surface area contributed by atoms with E-state index in [9.17, 15) is 8.78 Å². The number of pyridine rings is 1. The number of halogens is 2. The summed E-state index contributed by atoms with van der Waals surface area (Å²) in [6.07, 6.45) is 1.63. The third-order valence-electron chi connectivity index (χ3n) is 3.66. The van der Waals surface area contributed by atoms with Gasteiger partial charge in [0.1, 0.15) is 0 Å². The molecule has 3 rings (SSSR count). The highest BCUT2D eigenvalue weighted by molar-refractivity contribution is 5.48. The molecule has 0 spiro atoms. The molecule has 0 saturated heterocycles. The maximum Gasteiger partial charge on any atom is 0.168 e. The maximum atomic E-state index is 13.9. The van der Waals surface area contributed by atoms with Crippen LogP contribution in [0.1, 0.15) is 11.1 Å². The van der Waals surface area contributed by atoms with Crippen LogP contribution >= 0.6 is 0 Å². The van der Waals surface area contributed by atoms with E-state index in [1.54, 1.807) is 0 Å². The van der Waals surface area contributed by atoms with Crippen LogP contribution < -0.4 is 10.6 Å². The van der Waals surface area contributed by atoms with Gasteiger partial charge in [-0.2, -0.15) is 0 Å². The van der Waals surface area contributed by atoms with E-state index >= 15 is 0 Å². The molecule has 5 heteroatoms. The molecule has 1 aliphatic rings. The van der Waals surface area contributed by atoms with Gasteiger partial charge in [-0.15, -0.1) is 0 Å². The summed E-state index contributed by atoms with van der Waals surface area (Å²) >= 11 is 0. The van der Waals surface area contributed by atoms with E-state index in [1.165, 1.54) is 11.1 Å². The zero-order valence-corrected chi connectivity index (χ0v) is 10.9. The van der Waals surface area contributed by atoms with Crippen molar-refractivity contribution in [3.05, 3.63) is 53.1 Å². The predicted octanol–water partition coefficient (Wildman–Crippen LogP) is 2.55. The molecule has 1 aromatic carbocycles. The summed E-state index contributed by atoms with van der Waals surface area (Å²) in [7, 11) is 0. The normalized spacial score (nSPS) is 14.8. The number of rotatable bonds is 1. The highest BCUT2D eigenvalue weighted by atomic mass is 19.1. The van der Waals surface area contributed by atoms with E-state index in [0.29, 0.717) is 13.1 Å². The van der Waals surface area contributed by atoms with Gasteiger partial charge in [-0.25, -0.2) is 13.8 Å². The summed E-state index contributed by atoms with van der Waals surface area (Å²) in [4.78, 5) is 5.68. The molecule has 0 bridgehead atoms. The summed E-state index contributed by atoms with van der Waals surface area (Å²) in [5.41, 5.74) is 7.98. The molecule has 104 valence electrons. The molecule has 0 atom stereocenters. The topological polar surface area (TPSA) is 42.1 Å². The zero-order chi connectivity index (χ0) is 14.1. The van der Waals surface area contributed by atoms with Crippen molar-refractivity contribution in [2.75, 3.05) is 23.7 Å². The molecule has 0 unspecified atom stereocenters. The maximum absolute atomic E-state index is 13.9. The van der Waals surface area contributed by atoms with Gasteiger partial charge in [-0.3, -0.25) is 0 Å². The minimum absolute atomic E-state index is 0.136. The molecular weight excluding hydrogens is 260 g/mol. The van der Waals surface area contributed by atoms with Gasteiger partial charge in [0.15, 0.2) is 23.3 Å². The van der Waals surface area contributed by atoms with E-state index in [0.717, 1.165) is 18.9 Å². The van der Waals surface area contributed by atoms with Crippen LogP contribution in [0.2, 0.25) is 0 Å². The Morgan fingerprint density at radius 3 is 2.20 bits per heavy atom. The van der Waals surface area contributed by atoms with E-state index in [4.69, 9.17) is 5.73 Å². The average Bonchev–Trinajstić information content (AvgIpc) is 2.65. The Morgan fingerprint density at radius 1 is 1.00 bits per heavy atom. The van der Waals surface area contributed by atoms with Crippen LogP contribution in [0, 0.1) is 11.6 Å². The molecule has 2 aromatic rings. The number of nitrogen functional groups attached to an aromatic ring is 1. The monoisotopic (exact) mass is 275 g/mol. The molecule has 2 heterocycles. The lowest BCUT2D eigenvalue weighted by Gasteiger charge is -2.22. The highest BCUT2D eigenvalue weighted by Crippen LogP contribution is 2.24. The smallest absolute Gasteiger partial charge is 0.168 e. The second-order valence-corrected chi connectivity index (χ2v) is 4.92. The first-order valence-corrected chi connectivity index (χ1v) is 6.58. The SMILES string of the molecule is Nc1nc(N2CCc3ccccc3CC2)c(F)cc1F. The van der Waals surface area contributed by atoms with Gasteiger partial charge in [0, 0.05) is 19.2 Å². The largest absolute Gasteiger partial charge is 0.381 e. The third kappa shape index (κ3) is 2.31. The average molecular weight is 275 g/mol. The van der Waals surface area contributed by atoms with Gasteiger partial charge in [0.2, 0.25) is 0 Å². The van der Waals surface area contributed by atoms with Gasteiger partial charge < -0.3 is 10.6 Å². The van der Waals surface area contributed by atoms with E-state index in [2.05, 4.69) is 17.1 Å². The number of hydrogen-bond donors (Lipinski definition) is 1. The van der Waals surface area contributed by atoms with Gasteiger partial charge in [0.05, 0.1) is 0 Å². The third-order valence-corrected chi connectivity index (χ3v) is 3.66. The number of hydrogen-bond acceptors (Lipinski definition) is 3. The van der Waals surface area contributed by atoms with Crippen molar-refractivity contribution >= 4 is 11.6 Å². The fourth-order valence-electron chi connectivity index (χ4n) is 2.57. The molecule has 20 heavy (non-hydrogen) atoms. The van der Waals surface area contributed by atoms with E-state index in [-0.39, 0.29) is 11.6 Å². The predicted molar refractivity (Wildman–Crippen MR) is 74.6 cm³/mol. The zero-order valence-electron chi connectivity index (χ0n) is 10.9. The Morgan fingerprint density at radius 2 is 1.60 bits per heavy atom. The minimum atomic E-state index is -0.815. The number of nitrogens with zero attached hydrogens (tertiary/aromatic N) is 2. The van der Waals surface area contributed by atoms with Crippen LogP contribution in [0.3, 0.4) is 0 Å². The quantitative estimate of drug-likeness (QED) is 0.869. The van der Waals surface area contributed by atoms with Crippen molar-refractivity contribution in [2.45, 2.75) is 12.8 Å². The van der Waals surface area contributed by atoms with Gasteiger partial charge in [-0.05, 0) is 24.0 Å². The molecule has 2 N–H and O–H groups in total. The molecule has 0 amide bonds. The van der Waals surface area contributed by atoms with E-state index in [1.807, 2.05) is 17.0 Å². The second-order valence-electron chi connectivity index (χ2n) is 4.92. The first-order valence-electron chi connectivity index (χ1n) is 6.58. The minimum Gasteiger partial charge on any atom is -0.381 e. The summed E-state index contributed by atoms with van der Waals surface area (Å²) in [5, 5.41) is 0. The van der Waals surface area contributed by atoms with Crippen LogP contribution in [0.5, 0.6) is 0 Å². The van der Waals surface area contributed by atoms with Crippen molar-refractivity contribution in [1.82, 2.24) is 4.98 Å². The fourth-order valence-corrected chi connectivity index (χ4v) is 2.57. The van der Waals surface area contributed by atoms with Crippen LogP contribution in [0.4, 0.5) is 20.4 Å². The molecule has 1 aliphatic heterocycles. The number of fused-ring (bicyclic) bond motifs is 1. The molecule has 0 aliphatic carbocycles. The van der Waals surface area contributed by atoms with Crippen molar-refractivity contribution in [1.29, 1.82) is 0 Å². The van der Waals surface area contributed by atoms with Crippen LogP contribution in [-0.2, 0) is 12.8 Å². The Bertz CT molecular complexity index is 616. The molecule has 0 fully saturated rings. The summed E-state index contributed by atoms with van der Waals surface area (Å²) in [6, 6.07) is 8.98. The van der Waals surface area contributed by atoms with Gasteiger partial charge in [0.25, 0.3) is 0 Å². The first kappa shape index (κ1) is 12.8. The number of nitrogens with two attached hydrogens (primary N) is 1. The Labute approximate surface area is 116 Å².